The summed E-state index contributed by atoms with van der Waals surface area (Å²) in [6.07, 6.45) is -0.0828. The molecule has 110 valence electrons. The molecule has 6 N–H and O–H groups in total. The van der Waals surface area contributed by atoms with Crippen molar-refractivity contribution < 1.29 is 25.2 Å². The van der Waals surface area contributed by atoms with Gasteiger partial charge in [0, 0.05) is 17.7 Å². The monoisotopic (exact) mass is 291 g/mol. The van der Waals surface area contributed by atoms with Gasteiger partial charge in [0.25, 0.3) is 0 Å². The lowest BCUT2D eigenvalue weighted by Gasteiger charge is -2.42. The first-order valence-corrected chi connectivity index (χ1v) is 7.44. The molecule has 2 bridgehead atoms. The summed E-state index contributed by atoms with van der Waals surface area (Å²) in [4.78, 5) is 0. The summed E-state index contributed by atoms with van der Waals surface area (Å²) in [7, 11) is 0. The molecular formula is C12H21NO5S. The van der Waals surface area contributed by atoms with Crippen molar-refractivity contribution in [3.05, 3.63) is 12.2 Å². The van der Waals surface area contributed by atoms with E-state index in [-0.39, 0.29) is 12.5 Å². The molecule has 7 heteroatoms. The number of rotatable bonds is 1. The quantitative estimate of drug-likeness (QED) is 0.370. The first-order valence-electron chi connectivity index (χ1n) is 6.39. The van der Waals surface area contributed by atoms with Crippen LogP contribution < -0.4 is 5.73 Å². The predicted octanol–water partition coefficient (Wildman–Crippen LogP) is -1.58. The molecule has 2 rings (SSSR count). The van der Waals surface area contributed by atoms with Crippen LogP contribution in [-0.4, -0.2) is 68.7 Å². The molecule has 0 spiro atoms. The summed E-state index contributed by atoms with van der Waals surface area (Å²) in [5, 5.41) is 38.9. The standard InChI is InChI=1S/C12H21NO5S/c13-7-3-1-2-6(4-14)5-19-12-10(17)8(15)9(16)11(7)18-12/h1-2,6-12,14-17H,3-5,13H2/b2-1-/t6?,7-,8?,9?,10-,11-,12?/m1/s1. The molecule has 0 amide bonds. The Morgan fingerprint density at radius 1 is 1.21 bits per heavy atom. The first kappa shape index (κ1) is 15.2. The molecule has 0 aliphatic carbocycles. The Bertz CT molecular complexity index is 329. The molecule has 1 fully saturated rings. The molecule has 1 saturated heterocycles. The van der Waals surface area contributed by atoms with E-state index in [0.29, 0.717) is 12.2 Å². The van der Waals surface area contributed by atoms with E-state index in [4.69, 9.17) is 10.5 Å². The lowest BCUT2D eigenvalue weighted by atomic mass is 9.93. The van der Waals surface area contributed by atoms with Crippen molar-refractivity contribution in [2.24, 2.45) is 11.7 Å². The number of nitrogens with two attached hydrogens (primary N) is 1. The number of hydrogen-bond donors (Lipinski definition) is 5. The zero-order valence-corrected chi connectivity index (χ0v) is 11.3. The molecule has 0 aromatic heterocycles. The van der Waals surface area contributed by atoms with Gasteiger partial charge in [-0.05, 0) is 6.42 Å². The summed E-state index contributed by atoms with van der Waals surface area (Å²) < 4.78 is 5.63. The van der Waals surface area contributed by atoms with Crippen LogP contribution in [0, 0.1) is 5.92 Å². The van der Waals surface area contributed by atoms with Crippen molar-refractivity contribution >= 4 is 11.8 Å². The molecule has 19 heavy (non-hydrogen) atoms. The fourth-order valence-electron chi connectivity index (χ4n) is 2.32. The van der Waals surface area contributed by atoms with Gasteiger partial charge in [-0.25, -0.2) is 0 Å². The highest BCUT2D eigenvalue weighted by Gasteiger charge is 2.45. The number of aliphatic hydroxyl groups excluding tert-OH is 4. The smallest absolute Gasteiger partial charge is 0.132 e. The van der Waals surface area contributed by atoms with Crippen molar-refractivity contribution in [1.82, 2.24) is 0 Å². The maximum atomic E-state index is 9.92. The fraction of sp³-hybridized carbons (Fsp3) is 0.833. The van der Waals surface area contributed by atoms with Crippen molar-refractivity contribution in [3.8, 4) is 0 Å². The van der Waals surface area contributed by atoms with E-state index >= 15 is 0 Å². The Morgan fingerprint density at radius 2 is 1.95 bits per heavy atom. The third-order valence-corrected chi connectivity index (χ3v) is 4.89. The van der Waals surface area contributed by atoms with E-state index in [2.05, 4.69) is 0 Å². The summed E-state index contributed by atoms with van der Waals surface area (Å²) in [6.45, 7) is 0.0101. The minimum absolute atomic E-state index is 0.0101. The van der Waals surface area contributed by atoms with E-state index in [1.54, 1.807) is 0 Å². The van der Waals surface area contributed by atoms with Crippen LogP contribution in [0.25, 0.3) is 0 Å². The van der Waals surface area contributed by atoms with E-state index in [0.717, 1.165) is 0 Å². The second-order valence-corrected chi connectivity index (χ2v) is 6.18. The highest BCUT2D eigenvalue weighted by atomic mass is 32.2. The van der Waals surface area contributed by atoms with Crippen molar-refractivity contribution in [2.45, 2.75) is 42.3 Å². The fourth-order valence-corrected chi connectivity index (χ4v) is 3.53. The van der Waals surface area contributed by atoms with Gasteiger partial charge in [-0.15, -0.1) is 11.8 Å². The average molecular weight is 291 g/mol. The number of thioether (sulfide) groups is 1. The number of fused-ring (bicyclic) bond motifs is 2. The minimum atomic E-state index is -1.27. The molecule has 0 radical (unpaired) electrons. The molecule has 6 nitrogen and oxygen atoms in total. The first-order chi connectivity index (χ1) is 9.04. The second kappa shape index (κ2) is 6.53. The molecule has 7 atom stereocenters. The molecule has 2 aliphatic heterocycles. The predicted molar refractivity (Wildman–Crippen MR) is 71.4 cm³/mol. The van der Waals surface area contributed by atoms with Gasteiger partial charge in [0.15, 0.2) is 0 Å². The number of ether oxygens (including phenoxy) is 1. The topological polar surface area (TPSA) is 116 Å². The maximum absolute atomic E-state index is 9.92. The zero-order valence-electron chi connectivity index (χ0n) is 10.5. The van der Waals surface area contributed by atoms with Crippen LogP contribution in [-0.2, 0) is 4.74 Å². The lowest BCUT2D eigenvalue weighted by molar-refractivity contribution is -0.202. The lowest BCUT2D eigenvalue weighted by Crippen LogP contribution is -2.61. The minimum Gasteiger partial charge on any atom is -0.396 e. The van der Waals surface area contributed by atoms with Gasteiger partial charge in [-0.2, -0.15) is 0 Å². The van der Waals surface area contributed by atoms with Gasteiger partial charge < -0.3 is 30.9 Å². The summed E-state index contributed by atoms with van der Waals surface area (Å²) >= 11 is 1.31. The van der Waals surface area contributed by atoms with Gasteiger partial charge in [-0.1, -0.05) is 12.2 Å². The largest absolute Gasteiger partial charge is 0.396 e. The van der Waals surface area contributed by atoms with Crippen LogP contribution in [0.1, 0.15) is 6.42 Å². The van der Waals surface area contributed by atoms with Crippen molar-refractivity contribution in [3.63, 3.8) is 0 Å². The van der Waals surface area contributed by atoms with E-state index in [9.17, 15) is 20.4 Å². The Morgan fingerprint density at radius 3 is 2.63 bits per heavy atom. The average Bonchev–Trinajstić information content (AvgIpc) is 2.41. The van der Waals surface area contributed by atoms with Crippen LogP contribution in [0.2, 0.25) is 0 Å². The zero-order chi connectivity index (χ0) is 14.0. The Hall–Kier alpha value is -0.150. The van der Waals surface area contributed by atoms with Crippen LogP contribution in [0.15, 0.2) is 12.2 Å². The van der Waals surface area contributed by atoms with Gasteiger partial charge >= 0.3 is 0 Å². The van der Waals surface area contributed by atoms with Crippen LogP contribution in [0.3, 0.4) is 0 Å². The van der Waals surface area contributed by atoms with Gasteiger partial charge in [0.05, 0.1) is 6.61 Å². The number of aliphatic hydroxyl groups is 4. The summed E-state index contributed by atoms with van der Waals surface area (Å²) in [5.74, 6) is 0.535. The molecule has 0 aromatic carbocycles. The summed E-state index contributed by atoms with van der Waals surface area (Å²) in [6, 6.07) is -0.464. The van der Waals surface area contributed by atoms with Crippen molar-refractivity contribution in [1.29, 1.82) is 0 Å². The highest BCUT2D eigenvalue weighted by Crippen LogP contribution is 2.32. The van der Waals surface area contributed by atoms with Gasteiger partial charge in [0.2, 0.25) is 0 Å². The second-order valence-electron chi connectivity index (χ2n) is 5.04. The van der Waals surface area contributed by atoms with Crippen LogP contribution >= 0.6 is 11.8 Å². The molecule has 0 saturated carbocycles. The Labute approximate surface area is 116 Å². The Kier molecular flexibility index (Phi) is 5.24. The van der Waals surface area contributed by atoms with Crippen LogP contribution in [0.5, 0.6) is 0 Å². The third kappa shape index (κ3) is 3.30. The SMILES string of the molecule is N[C@@H]1C/C=C\C(CO)CSC2O[C@H]1C(O)C(O)[C@H]2O. The highest BCUT2D eigenvalue weighted by molar-refractivity contribution is 7.99. The van der Waals surface area contributed by atoms with E-state index in [1.807, 2.05) is 12.2 Å². The number of hydrogen-bond acceptors (Lipinski definition) is 7. The van der Waals surface area contributed by atoms with Crippen LogP contribution in [0.4, 0.5) is 0 Å². The molecule has 4 unspecified atom stereocenters. The summed E-state index contributed by atoms with van der Waals surface area (Å²) in [5.41, 5.74) is 5.32. The van der Waals surface area contributed by atoms with E-state index < -0.39 is 35.9 Å². The van der Waals surface area contributed by atoms with E-state index in [1.165, 1.54) is 11.8 Å². The van der Waals surface area contributed by atoms with Gasteiger partial charge in [-0.3, -0.25) is 0 Å². The molecule has 2 heterocycles. The van der Waals surface area contributed by atoms with Crippen molar-refractivity contribution in [2.75, 3.05) is 12.4 Å². The third-order valence-electron chi connectivity index (χ3n) is 3.55. The molecule has 0 aromatic rings. The normalized spacial score (nSPS) is 49.6. The molecular weight excluding hydrogens is 270 g/mol. The van der Waals surface area contributed by atoms with Gasteiger partial charge in [0.1, 0.15) is 29.9 Å². The molecule has 2 aliphatic rings. The maximum Gasteiger partial charge on any atom is 0.132 e. The Balaban J connectivity index is 2.18.